The maximum atomic E-state index is 12.2. The third kappa shape index (κ3) is 4.50. The van der Waals surface area contributed by atoms with Crippen molar-refractivity contribution < 1.29 is 13.2 Å². The highest BCUT2D eigenvalue weighted by molar-refractivity contribution is 7.89. The molecule has 1 N–H and O–H groups in total. The van der Waals surface area contributed by atoms with Gasteiger partial charge in [-0.3, -0.25) is 0 Å². The molecule has 1 saturated carbocycles. The zero-order chi connectivity index (χ0) is 13.0. The third-order valence-electron chi connectivity index (χ3n) is 3.40. The first-order valence-corrected chi connectivity index (χ1v) is 8.51. The molecule has 1 atom stereocenters. The molecule has 0 aromatic carbocycles. The summed E-state index contributed by atoms with van der Waals surface area (Å²) in [6, 6.07) is 0.652. The molecule has 1 aliphatic carbocycles. The molecule has 18 heavy (non-hydrogen) atoms. The van der Waals surface area contributed by atoms with Gasteiger partial charge in [0.2, 0.25) is 10.0 Å². The molecular formula is C12H24N2O3S. The van der Waals surface area contributed by atoms with Crippen molar-refractivity contribution in [2.75, 3.05) is 32.0 Å². The van der Waals surface area contributed by atoms with Gasteiger partial charge in [-0.15, -0.1) is 0 Å². The molecule has 0 aromatic rings. The minimum Gasteiger partial charge on any atom is -0.377 e. The minimum absolute atomic E-state index is 0.00636. The van der Waals surface area contributed by atoms with Crippen molar-refractivity contribution in [3.05, 3.63) is 0 Å². The lowest BCUT2D eigenvalue weighted by Crippen LogP contribution is -2.38. The van der Waals surface area contributed by atoms with Gasteiger partial charge >= 0.3 is 0 Å². The standard InChI is InChI=1S/C12H24N2O3S/c1-11-10-14(7-3-8-17-11)18(15,16)9-2-6-13-12-4-5-12/h11-13H,2-10H2,1H3. The van der Waals surface area contributed by atoms with Gasteiger partial charge in [-0.05, 0) is 39.2 Å². The predicted molar refractivity (Wildman–Crippen MR) is 71.0 cm³/mol. The van der Waals surface area contributed by atoms with Gasteiger partial charge in [0.15, 0.2) is 0 Å². The zero-order valence-electron chi connectivity index (χ0n) is 11.1. The molecule has 106 valence electrons. The normalized spacial score (nSPS) is 27.1. The SMILES string of the molecule is CC1CN(S(=O)(=O)CCCNC2CC2)CCCO1. The molecular weight excluding hydrogens is 252 g/mol. The molecule has 0 amide bonds. The van der Waals surface area contributed by atoms with Crippen LogP contribution in [0.3, 0.4) is 0 Å². The summed E-state index contributed by atoms with van der Waals surface area (Å²) in [6.45, 7) is 4.50. The quantitative estimate of drug-likeness (QED) is 0.721. The Morgan fingerprint density at radius 2 is 2.17 bits per heavy atom. The summed E-state index contributed by atoms with van der Waals surface area (Å²) in [7, 11) is -3.10. The second kappa shape index (κ2) is 6.32. The number of ether oxygens (including phenoxy) is 1. The van der Waals surface area contributed by atoms with E-state index in [0.717, 1.165) is 13.0 Å². The first-order chi connectivity index (χ1) is 8.58. The van der Waals surface area contributed by atoms with Gasteiger partial charge in [0.05, 0.1) is 11.9 Å². The maximum Gasteiger partial charge on any atom is 0.214 e. The Hall–Kier alpha value is -0.170. The van der Waals surface area contributed by atoms with E-state index in [4.69, 9.17) is 4.74 Å². The van der Waals surface area contributed by atoms with E-state index in [2.05, 4.69) is 5.32 Å². The molecule has 1 aliphatic heterocycles. The average molecular weight is 276 g/mol. The van der Waals surface area contributed by atoms with Crippen LogP contribution in [0, 0.1) is 0 Å². The van der Waals surface area contributed by atoms with Gasteiger partial charge in [0.25, 0.3) is 0 Å². The van der Waals surface area contributed by atoms with E-state index in [1.54, 1.807) is 4.31 Å². The minimum atomic E-state index is -3.10. The Balaban J connectivity index is 1.76. The van der Waals surface area contributed by atoms with Crippen LogP contribution in [0.2, 0.25) is 0 Å². The summed E-state index contributed by atoms with van der Waals surface area (Å²) in [6.07, 6.45) is 3.99. The fraction of sp³-hybridized carbons (Fsp3) is 1.00. The van der Waals surface area contributed by atoms with Crippen molar-refractivity contribution in [3.8, 4) is 0 Å². The van der Waals surface area contributed by atoms with Gasteiger partial charge in [-0.2, -0.15) is 4.31 Å². The molecule has 1 saturated heterocycles. The maximum absolute atomic E-state index is 12.2. The van der Waals surface area contributed by atoms with Gasteiger partial charge in [-0.1, -0.05) is 0 Å². The van der Waals surface area contributed by atoms with Crippen molar-refractivity contribution in [3.63, 3.8) is 0 Å². The first-order valence-electron chi connectivity index (χ1n) is 6.91. The second-order valence-electron chi connectivity index (χ2n) is 5.29. The van der Waals surface area contributed by atoms with Crippen LogP contribution in [0.15, 0.2) is 0 Å². The van der Waals surface area contributed by atoms with Crippen LogP contribution in [0.5, 0.6) is 0 Å². The Morgan fingerprint density at radius 3 is 2.89 bits per heavy atom. The van der Waals surface area contributed by atoms with Crippen molar-refractivity contribution in [1.29, 1.82) is 0 Å². The zero-order valence-corrected chi connectivity index (χ0v) is 11.9. The lowest BCUT2D eigenvalue weighted by atomic mass is 10.4. The van der Waals surface area contributed by atoms with Crippen LogP contribution in [0.25, 0.3) is 0 Å². The Morgan fingerprint density at radius 1 is 1.39 bits per heavy atom. The number of nitrogens with one attached hydrogen (secondary N) is 1. The Bertz CT molecular complexity index is 354. The molecule has 2 rings (SSSR count). The number of sulfonamides is 1. The molecule has 2 fully saturated rings. The van der Waals surface area contributed by atoms with E-state index in [9.17, 15) is 8.42 Å². The van der Waals surface area contributed by atoms with Crippen LogP contribution in [-0.4, -0.2) is 56.9 Å². The van der Waals surface area contributed by atoms with Gasteiger partial charge < -0.3 is 10.1 Å². The number of nitrogens with zero attached hydrogens (tertiary/aromatic N) is 1. The predicted octanol–water partition coefficient (Wildman–Crippen LogP) is 0.569. The van der Waals surface area contributed by atoms with Crippen molar-refractivity contribution in [1.82, 2.24) is 9.62 Å². The molecule has 1 unspecified atom stereocenters. The van der Waals surface area contributed by atoms with E-state index in [1.165, 1.54) is 12.8 Å². The molecule has 5 nitrogen and oxygen atoms in total. The van der Waals surface area contributed by atoms with E-state index < -0.39 is 10.0 Å². The smallest absolute Gasteiger partial charge is 0.214 e. The molecule has 0 spiro atoms. The highest BCUT2D eigenvalue weighted by Gasteiger charge is 2.26. The highest BCUT2D eigenvalue weighted by Crippen LogP contribution is 2.18. The topological polar surface area (TPSA) is 58.6 Å². The summed E-state index contributed by atoms with van der Waals surface area (Å²) >= 11 is 0. The molecule has 0 aromatic heterocycles. The summed E-state index contributed by atoms with van der Waals surface area (Å²) in [4.78, 5) is 0. The van der Waals surface area contributed by atoms with Crippen LogP contribution in [0.4, 0.5) is 0 Å². The van der Waals surface area contributed by atoms with E-state index >= 15 is 0 Å². The van der Waals surface area contributed by atoms with E-state index in [1.807, 2.05) is 6.92 Å². The van der Waals surface area contributed by atoms with Crippen LogP contribution < -0.4 is 5.32 Å². The van der Waals surface area contributed by atoms with E-state index in [0.29, 0.717) is 32.2 Å². The average Bonchev–Trinajstić information content (AvgIpc) is 3.12. The van der Waals surface area contributed by atoms with Crippen molar-refractivity contribution in [2.45, 2.75) is 44.8 Å². The molecule has 0 bridgehead atoms. The molecule has 1 heterocycles. The van der Waals surface area contributed by atoms with Gasteiger partial charge in [0.1, 0.15) is 0 Å². The number of hydrogen-bond donors (Lipinski definition) is 1. The van der Waals surface area contributed by atoms with E-state index in [-0.39, 0.29) is 11.9 Å². The second-order valence-corrected chi connectivity index (χ2v) is 7.38. The number of hydrogen-bond acceptors (Lipinski definition) is 4. The summed E-state index contributed by atoms with van der Waals surface area (Å²) < 4.78 is 31.4. The Kier molecular flexibility index (Phi) is 5.00. The fourth-order valence-electron chi connectivity index (χ4n) is 2.19. The largest absolute Gasteiger partial charge is 0.377 e. The van der Waals surface area contributed by atoms with Crippen LogP contribution in [-0.2, 0) is 14.8 Å². The van der Waals surface area contributed by atoms with Crippen LogP contribution >= 0.6 is 0 Å². The third-order valence-corrected chi connectivity index (χ3v) is 5.32. The monoisotopic (exact) mass is 276 g/mol. The fourth-order valence-corrected chi connectivity index (χ4v) is 3.80. The summed E-state index contributed by atoms with van der Waals surface area (Å²) in [5.74, 6) is 0.249. The lowest BCUT2D eigenvalue weighted by Gasteiger charge is -2.21. The van der Waals surface area contributed by atoms with Crippen molar-refractivity contribution in [2.24, 2.45) is 0 Å². The number of rotatable bonds is 6. The van der Waals surface area contributed by atoms with Crippen LogP contribution in [0.1, 0.15) is 32.6 Å². The lowest BCUT2D eigenvalue weighted by molar-refractivity contribution is 0.0752. The van der Waals surface area contributed by atoms with Gasteiger partial charge in [-0.25, -0.2) is 8.42 Å². The summed E-state index contributed by atoms with van der Waals surface area (Å²) in [5, 5.41) is 3.35. The highest BCUT2D eigenvalue weighted by atomic mass is 32.2. The first kappa shape index (κ1) is 14.2. The summed E-state index contributed by atoms with van der Waals surface area (Å²) in [5.41, 5.74) is 0. The van der Waals surface area contributed by atoms with Crippen molar-refractivity contribution >= 4 is 10.0 Å². The molecule has 6 heteroatoms. The molecule has 0 radical (unpaired) electrons. The Labute approximate surface area is 110 Å². The molecule has 2 aliphatic rings. The van der Waals surface area contributed by atoms with Gasteiger partial charge in [0, 0.05) is 25.7 Å².